The maximum Gasteiger partial charge on any atom is 0.124 e. The van der Waals surface area contributed by atoms with E-state index in [-0.39, 0.29) is 11.9 Å². The van der Waals surface area contributed by atoms with E-state index >= 15 is 0 Å². The Morgan fingerprint density at radius 3 is 2.74 bits per heavy atom. The molecule has 0 aromatic heterocycles. The summed E-state index contributed by atoms with van der Waals surface area (Å²) in [5.41, 5.74) is 2.15. The fourth-order valence-corrected chi connectivity index (χ4v) is 2.51. The first-order chi connectivity index (χ1) is 9.06. The van der Waals surface area contributed by atoms with Crippen molar-refractivity contribution in [1.29, 1.82) is 0 Å². The standard InChI is InChI=1S/C15H14BrClFN/c1-10(11-3-2-4-13(17)7-11)19-9-12-5-6-14(18)8-15(12)16/h2-8,10,19H,9H2,1H3/t10-/m0/s1. The van der Waals surface area contributed by atoms with Crippen LogP contribution in [0.1, 0.15) is 24.1 Å². The van der Waals surface area contributed by atoms with E-state index in [0.717, 1.165) is 20.6 Å². The van der Waals surface area contributed by atoms with E-state index in [1.165, 1.54) is 12.1 Å². The first-order valence-electron chi connectivity index (χ1n) is 5.99. The molecule has 0 heterocycles. The van der Waals surface area contributed by atoms with Gasteiger partial charge in [-0.3, -0.25) is 0 Å². The monoisotopic (exact) mass is 341 g/mol. The molecule has 4 heteroatoms. The third kappa shape index (κ3) is 4.03. The third-order valence-corrected chi connectivity index (χ3v) is 3.94. The minimum atomic E-state index is -0.237. The van der Waals surface area contributed by atoms with Crippen molar-refractivity contribution in [2.45, 2.75) is 19.5 Å². The van der Waals surface area contributed by atoms with E-state index in [0.29, 0.717) is 6.54 Å². The van der Waals surface area contributed by atoms with Crippen molar-refractivity contribution >= 4 is 27.5 Å². The Balaban J connectivity index is 2.02. The molecule has 1 nitrogen and oxygen atoms in total. The summed E-state index contributed by atoms with van der Waals surface area (Å²) in [5, 5.41) is 4.12. The molecule has 2 aromatic rings. The molecule has 0 bridgehead atoms. The predicted octanol–water partition coefficient (Wildman–Crippen LogP) is 5.09. The predicted molar refractivity (Wildman–Crippen MR) is 80.8 cm³/mol. The Morgan fingerprint density at radius 1 is 1.26 bits per heavy atom. The molecule has 0 radical (unpaired) electrons. The van der Waals surface area contributed by atoms with E-state index in [4.69, 9.17) is 11.6 Å². The number of nitrogens with one attached hydrogen (secondary N) is 1. The van der Waals surface area contributed by atoms with Crippen molar-refractivity contribution in [3.63, 3.8) is 0 Å². The molecule has 1 N–H and O–H groups in total. The van der Waals surface area contributed by atoms with Crippen molar-refractivity contribution in [2.75, 3.05) is 0 Å². The Labute approximate surface area is 125 Å². The van der Waals surface area contributed by atoms with Crippen molar-refractivity contribution in [2.24, 2.45) is 0 Å². The van der Waals surface area contributed by atoms with Gasteiger partial charge in [-0.05, 0) is 42.3 Å². The molecule has 19 heavy (non-hydrogen) atoms. The van der Waals surface area contributed by atoms with Gasteiger partial charge in [0, 0.05) is 22.1 Å². The first kappa shape index (κ1) is 14.5. The molecule has 0 fully saturated rings. The Bertz CT molecular complexity index is 574. The second-order valence-electron chi connectivity index (χ2n) is 4.39. The number of halogens is 3. The third-order valence-electron chi connectivity index (χ3n) is 2.96. The van der Waals surface area contributed by atoms with Crippen LogP contribution in [0, 0.1) is 5.82 Å². The minimum absolute atomic E-state index is 0.177. The maximum atomic E-state index is 13.0. The van der Waals surface area contributed by atoms with Gasteiger partial charge in [-0.25, -0.2) is 4.39 Å². The summed E-state index contributed by atoms with van der Waals surface area (Å²) in [7, 11) is 0. The van der Waals surface area contributed by atoms with Crippen LogP contribution in [0.2, 0.25) is 5.02 Å². The summed E-state index contributed by atoms with van der Waals surface area (Å²) in [6.07, 6.45) is 0. The SMILES string of the molecule is C[C@H](NCc1ccc(F)cc1Br)c1cccc(Cl)c1. The molecule has 100 valence electrons. The lowest BCUT2D eigenvalue weighted by Crippen LogP contribution is -2.18. The van der Waals surface area contributed by atoms with Gasteiger partial charge in [0.05, 0.1) is 0 Å². The van der Waals surface area contributed by atoms with Gasteiger partial charge in [0.15, 0.2) is 0 Å². The molecule has 1 atom stereocenters. The van der Waals surface area contributed by atoms with Gasteiger partial charge < -0.3 is 5.32 Å². The highest BCUT2D eigenvalue weighted by molar-refractivity contribution is 9.10. The molecule has 0 saturated heterocycles. The van der Waals surface area contributed by atoms with E-state index in [1.807, 2.05) is 24.3 Å². The summed E-state index contributed by atoms with van der Waals surface area (Å²) in [6.45, 7) is 2.73. The van der Waals surface area contributed by atoms with Gasteiger partial charge in [0.2, 0.25) is 0 Å². The Morgan fingerprint density at radius 2 is 2.05 bits per heavy atom. The first-order valence-corrected chi connectivity index (χ1v) is 7.16. The van der Waals surface area contributed by atoms with Gasteiger partial charge in [-0.15, -0.1) is 0 Å². The van der Waals surface area contributed by atoms with Crippen molar-refractivity contribution in [3.05, 3.63) is 68.9 Å². The molecule has 0 aliphatic carbocycles. The van der Waals surface area contributed by atoms with Crippen LogP contribution >= 0.6 is 27.5 Å². The Kier molecular flexibility index (Phi) is 4.97. The van der Waals surface area contributed by atoms with Crippen molar-refractivity contribution in [3.8, 4) is 0 Å². The van der Waals surface area contributed by atoms with Crippen molar-refractivity contribution in [1.82, 2.24) is 5.32 Å². The number of rotatable bonds is 4. The average molecular weight is 343 g/mol. The van der Waals surface area contributed by atoms with Crippen LogP contribution in [-0.4, -0.2) is 0 Å². The molecular formula is C15H14BrClFN. The molecule has 2 rings (SSSR count). The zero-order valence-electron chi connectivity index (χ0n) is 10.5. The van der Waals surface area contributed by atoms with Gasteiger partial charge >= 0.3 is 0 Å². The zero-order chi connectivity index (χ0) is 13.8. The highest BCUT2D eigenvalue weighted by Crippen LogP contribution is 2.21. The van der Waals surface area contributed by atoms with Crippen LogP contribution < -0.4 is 5.32 Å². The van der Waals surface area contributed by atoms with Crippen LogP contribution in [0.4, 0.5) is 4.39 Å². The topological polar surface area (TPSA) is 12.0 Å². The van der Waals surface area contributed by atoms with Gasteiger partial charge in [0.25, 0.3) is 0 Å². The van der Waals surface area contributed by atoms with E-state index in [1.54, 1.807) is 6.07 Å². The Hall–Kier alpha value is -0.900. The molecule has 0 aliphatic heterocycles. The fraction of sp³-hybridized carbons (Fsp3) is 0.200. The number of hydrogen-bond donors (Lipinski definition) is 1. The molecule has 0 amide bonds. The molecular weight excluding hydrogens is 329 g/mol. The smallest absolute Gasteiger partial charge is 0.124 e. The summed E-state index contributed by atoms with van der Waals surface area (Å²) in [6, 6.07) is 12.7. The van der Waals surface area contributed by atoms with Crippen LogP contribution in [0.3, 0.4) is 0 Å². The van der Waals surface area contributed by atoms with Crippen LogP contribution in [0.15, 0.2) is 46.9 Å². The molecule has 2 aromatic carbocycles. The minimum Gasteiger partial charge on any atom is -0.306 e. The number of hydrogen-bond acceptors (Lipinski definition) is 1. The van der Waals surface area contributed by atoms with Gasteiger partial charge in [-0.1, -0.05) is 45.7 Å². The lowest BCUT2D eigenvalue weighted by Gasteiger charge is -2.15. The normalized spacial score (nSPS) is 12.4. The van der Waals surface area contributed by atoms with Crippen molar-refractivity contribution < 1.29 is 4.39 Å². The largest absolute Gasteiger partial charge is 0.306 e. The highest BCUT2D eigenvalue weighted by atomic mass is 79.9. The molecule has 0 saturated carbocycles. The van der Waals surface area contributed by atoms with Crippen LogP contribution in [-0.2, 0) is 6.54 Å². The molecule has 0 unspecified atom stereocenters. The summed E-state index contributed by atoms with van der Waals surface area (Å²) in [4.78, 5) is 0. The second kappa shape index (κ2) is 6.51. The van der Waals surface area contributed by atoms with Gasteiger partial charge in [0.1, 0.15) is 5.82 Å². The maximum absolute atomic E-state index is 13.0. The zero-order valence-corrected chi connectivity index (χ0v) is 12.8. The average Bonchev–Trinajstić information content (AvgIpc) is 2.37. The number of benzene rings is 2. The second-order valence-corrected chi connectivity index (χ2v) is 5.68. The quantitative estimate of drug-likeness (QED) is 0.816. The fourth-order valence-electron chi connectivity index (χ4n) is 1.82. The lowest BCUT2D eigenvalue weighted by molar-refractivity contribution is 0.571. The van der Waals surface area contributed by atoms with Gasteiger partial charge in [-0.2, -0.15) is 0 Å². The van der Waals surface area contributed by atoms with E-state index in [9.17, 15) is 4.39 Å². The highest BCUT2D eigenvalue weighted by Gasteiger charge is 2.07. The molecule has 0 aliphatic rings. The van der Waals surface area contributed by atoms with E-state index < -0.39 is 0 Å². The molecule has 0 spiro atoms. The summed E-state index contributed by atoms with van der Waals surface area (Å²) >= 11 is 9.34. The van der Waals surface area contributed by atoms with Crippen LogP contribution in [0.25, 0.3) is 0 Å². The van der Waals surface area contributed by atoms with Crippen LogP contribution in [0.5, 0.6) is 0 Å². The summed E-state index contributed by atoms with van der Waals surface area (Å²) < 4.78 is 13.8. The van der Waals surface area contributed by atoms with E-state index in [2.05, 4.69) is 28.2 Å². The summed E-state index contributed by atoms with van der Waals surface area (Å²) in [5.74, 6) is -0.237. The lowest BCUT2D eigenvalue weighted by atomic mass is 10.1.